The molecule has 2 aliphatic heterocycles. The van der Waals surface area contributed by atoms with Crippen molar-refractivity contribution in [2.75, 3.05) is 24.3 Å². The fourth-order valence-electron chi connectivity index (χ4n) is 6.81. The summed E-state index contributed by atoms with van der Waals surface area (Å²) >= 11 is 9.56. The number of amides is 2. The summed E-state index contributed by atoms with van der Waals surface area (Å²) in [5.41, 5.74) is -0.998. The molecule has 13 heteroatoms. The van der Waals surface area contributed by atoms with Crippen LogP contribution in [0, 0.1) is 27.8 Å². The van der Waals surface area contributed by atoms with Crippen LogP contribution in [-0.4, -0.2) is 47.3 Å². The topological polar surface area (TPSA) is 131 Å². The summed E-state index contributed by atoms with van der Waals surface area (Å²) in [6, 6.07) is 12.8. The Morgan fingerprint density at radius 1 is 1.23 bits per heavy atom. The lowest BCUT2D eigenvalue weighted by atomic mass is 9.71. The maximum atomic E-state index is 16.1. The summed E-state index contributed by atoms with van der Waals surface area (Å²) in [4.78, 5) is 54.0. The van der Waals surface area contributed by atoms with Crippen molar-refractivity contribution in [3.8, 4) is 0 Å². The number of halogens is 3. The third-order valence-electron chi connectivity index (χ3n) is 8.90. The Labute approximate surface area is 265 Å². The zero-order valence-corrected chi connectivity index (χ0v) is 25.9. The highest BCUT2D eigenvalue weighted by atomic mass is 79.9. The molecule has 228 valence electrons. The molecule has 1 spiro atoms. The molecule has 1 aliphatic carbocycles. The number of hydrogen-bond donors (Lipinski definition) is 2. The molecule has 1 saturated heterocycles. The predicted octanol–water partition coefficient (Wildman–Crippen LogP) is 6.24. The van der Waals surface area contributed by atoms with E-state index in [-0.39, 0.29) is 21.3 Å². The number of esters is 1. The van der Waals surface area contributed by atoms with Gasteiger partial charge in [0, 0.05) is 40.8 Å². The van der Waals surface area contributed by atoms with Gasteiger partial charge in [0.05, 0.1) is 28.0 Å². The Bertz CT molecular complexity index is 1740. The van der Waals surface area contributed by atoms with E-state index in [0.29, 0.717) is 28.7 Å². The molecule has 4 atom stereocenters. The number of benzene rings is 3. The molecule has 3 aliphatic rings. The van der Waals surface area contributed by atoms with E-state index in [9.17, 15) is 24.5 Å². The zero-order valence-electron chi connectivity index (χ0n) is 23.6. The molecular formula is C31H27BrClFN4O6. The first-order valence-electron chi connectivity index (χ1n) is 14.0. The monoisotopic (exact) mass is 684 g/mol. The average Bonchev–Trinajstić information content (AvgIpc) is 3.72. The van der Waals surface area contributed by atoms with Gasteiger partial charge < -0.3 is 15.4 Å². The van der Waals surface area contributed by atoms with Gasteiger partial charge in [0.15, 0.2) is 0 Å². The quantitative estimate of drug-likeness (QED) is 0.171. The minimum atomic E-state index is -1.48. The Kier molecular flexibility index (Phi) is 7.71. The second-order valence-electron chi connectivity index (χ2n) is 11.4. The van der Waals surface area contributed by atoms with Gasteiger partial charge in [-0.05, 0) is 77.5 Å². The maximum absolute atomic E-state index is 16.1. The van der Waals surface area contributed by atoms with E-state index in [4.69, 9.17) is 11.6 Å². The number of nitrogens with zero attached hydrogens (tertiary/aromatic N) is 2. The summed E-state index contributed by atoms with van der Waals surface area (Å²) in [5.74, 6) is -4.21. The smallest absolute Gasteiger partial charge is 0.338 e. The molecule has 6 rings (SSSR count). The first-order valence-corrected chi connectivity index (χ1v) is 15.2. The van der Waals surface area contributed by atoms with Gasteiger partial charge in [0.25, 0.3) is 5.69 Å². The molecule has 2 heterocycles. The minimum Gasteiger partial charge on any atom is -0.465 e. The molecule has 10 nitrogen and oxygen atoms in total. The fourth-order valence-corrected chi connectivity index (χ4v) is 7.36. The van der Waals surface area contributed by atoms with Crippen LogP contribution < -0.4 is 10.6 Å². The first kappa shape index (κ1) is 30.2. The number of hydrogen-bond acceptors (Lipinski definition) is 7. The van der Waals surface area contributed by atoms with Crippen molar-refractivity contribution >= 4 is 62.4 Å². The van der Waals surface area contributed by atoms with Crippen LogP contribution in [-0.2, 0) is 19.9 Å². The van der Waals surface area contributed by atoms with Gasteiger partial charge >= 0.3 is 5.97 Å². The summed E-state index contributed by atoms with van der Waals surface area (Å²) in [6.07, 6.45) is 1.92. The summed E-state index contributed by atoms with van der Waals surface area (Å²) in [7, 11) is 1.15. The number of ether oxygens (including phenoxy) is 1. The summed E-state index contributed by atoms with van der Waals surface area (Å²) in [6.45, 7) is 2.31. The lowest BCUT2D eigenvalue weighted by molar-refractivity contribution is -0.384. The van der Waals surface area contributed by atoms with E-state index in [1.807, 2.05) is 11.8 Å². The molecule has 0 aromatic heterocycles. The van der Waals surface area contributed by atoms with Crippen LogP contribution in [0.1, 0.15) is 47.2 Å². The highest BCUT2D eigenvalue weighted by Crippen LogP contribution is 2.61. The Morgan fingerprint density at radius 2 is 1.98 bits per heavy atom. The zero-order chi connectivity index (χ0) is 31.5. The maximum Gasteiger partial charge on any atom is 0.338 e. The molecule has 3 aromatic rings. The molecule has 3 aromatic carbocycles. The van der Waals surface area contributed by atoms with Gasteiger partial charge in [-0.2, -0.15) is 0 Å². The Hall–Kier alpha value is -3.87. The Morgan fingerprint density at radius 3 is 2.66 bits per heavy atom. The Balaban J connectivity index is 1.53. The van der Waals surface area contributed by atoms with Gasteiger partial charge in [-0.15, -0.1) is 0 Å². The van der Waals surface area contributed by atoms with Crippen LogP contribution in [0.2, 0.25) is 5.02 Å². The van der Waals surface area contributed by atoms with Crippen LogP contribution >= 0.6 is 27.5 Å². The van der Waals surface area contributed by atoms with Crippen LogP contribution in [0.15, 0.2) is 59.1 Å². The third kappa shape index (κ3) is 4.76. The molecule has 2 amide bonds. The number of rotatable bonds is 7. The minimum absolute atomic E-state index is 0.0621. The molecular weight excluding hydrogens is 659 g/mol. The number of methoxy groups -OCH3 is 1. The van der Waals surface area contributed by atoms with Crippen molar-refractivity contribution in [1.82, 2.24) is 4.90 Å². The van der Waals surface area contributed by atoms with E-state index >= 15 is 4.39 Å². The van der Waals surface area contributed by atoms with E-state index < -0.39 is 57.6 Å². The molecule has 0 unspecified atom stereocenters. The second kappa shape index (κ2) is 11.2. The number of carbonyl (C=O) groups excluding carboxylic acids is 3. The van der Waals surface area contributed by atoms with E-state index in [1.54, 1.807) is 30.3 Å². The van der Waals surface area contributed by atoms with E-state index in [0.717, 1.165) is 26.0 Å². The SMILES string of the molecule is COC(=O)c1ccc(NC(=O)[C@@H]2[C@H](C)N(CC3CC3)[C@@]3(C(=O)Nc4cc(Cl)ccc43)[C@H]2c2cccc(Br)c2F)c([N+](=O)[O-])c1. The standard InChI is InChI=1S/C31H27BrClFN4O6/c1-15-25(28(39)35-22-11-8-17(29(40)44-2)12-24(22)38(42)43)26(19-4-3-5-21(32)27(19)34)31(37(15)14-16-6-7-16)20-10-9-18(33)13-23(20)36-30(31)41/h3-5,8-13,15-16,25-26H,6-7,14H2,1-2H3,(H,35,39)(H,36,41)/t15-,25+,26-,31+/m0/s1. The largest absolute Gasteiger partial charge is 0.465 e. The first-order chi connectivity index (χ1) is 21.0. The van der Waals surface area contributed by atoms with Crippen molar-refractivity contribution < 1.29 is 28.4 Å². The summed E-state index contributed by atoms with van der Waals surface area (Å²) in [5, 5.41) is 18.0. The van der Waals surface area contributed by atoms with Gasteiger partial charge in [-0.25, -0.2) is 9.18 Å². The van der Waals surface area contributed by atoms with Crippen molar-refractivity contribution in [2.45, 2.75) is 37.3 Å². The van der Waals surface area contributed by atoms with E-state index in [1.165, 1.54) is 18.2 Å². The fraction of sp³-hybridized carbons (Fsp3) is 0.323. The molecule has 2 fully saturated rings. The average molecular weight is 686 g/mol. The highest BCUT2D eigenvalue weighted by Gasteiger charge is 2.68. The van der Waals surface area contributed by atoms with Gasteiger partial charge in [-0.3, -0.25) is 24.6 Å². The molecule has 0 radical (unpaired) electrons. The molecule has 2 N–H and O–H groups in total. The molecule has 0 bridgehead atoms. The molecule has 44 heavy (non-hydrogen) atoms. The number of likely N-dealkylation sites (tertiary alicyclic amines) is 1. The normalized spacial score (nSPS) is 24.2. The third-order valence-corrected chi connectivity index (χ3v) is 9.75. The number of nitrogens with one attached hydrogen (secondary N) is 2. The lowest BCUT2D eigenvalue weighted by Gasteiger charge is -2.39. The van der Waals surface area contributed by atoms with Crippen molar-refractivity contribution in [3.63, 3.8) is 0 Å². The number of carbonyl (C=O) groups is 3. The van der Waals surface area contributed by atoms with Crippen molar-refractivity contribution in [2.24, 2.45) is 11.8 Å². The summed E-state index contributed by atoms with van der Waals surface area (Å²) < 4.78 is 20.9. The predicted molar refractivity (Wildman–Crippen MR) is 164 cm³/mol. The van der Waals surface area contributed by atoms with Crippen molar-refractivity contribution in [1.29, 1.82) is 0 Å². The number of nitro groups is 1. The van der Waals surface area contributed by atoms with Crippen LogP contribution in [0.4, 0.5) is 21.5 Å². The van der Waals surface area contributed by atoms with Crippen molar-refractivity contribution in [3.05, 3.63) is 96.7 Å². The lowest BCUT2D eigenvalue weighted by Crippen LogP contribution is -2.52. The number of anilines is 2. The molecule has 1 saturated carbocycles. The highest BCUT2D eigenvalue weighted by molar-refractivity contribution is 9.10. The number of nitro benzene ring substituents is 1. The number of fused-ring (bicyclic) bond motifs is 2. The van der Waals surface area contributed by atoms with Crippen LogP contribution in [0.3, 0.4) is 0 Å². The van der Waals surface area contributed by atoms with Gasteiger partial charge in [0.1, 0.15) is 17.0 Å². The van der Waals surface area contributed by atoms with Gasteiger partial charge in [-0.1, -0.05) is 29.8 Å². The van der Waals surface area contributed by atoms with Gasteiger partial charge in [0.2, 0.25) is 11.8 Å². The van der Waals surface area contributed by atoms with Crippen LogP contribution in [0.5, 0.6) is 0 Å². The van der Waals surface area contributed by atoms with Crippen LogP contribution in [0.25, 0.3) is 0 Å². The van der Waals surface area contributed by atoms with E-state index in [2.05, 4.69) is 31.3 Å². The second-order valence-corrected chi connectivity index (χ2v) is 12.7.